The predicted octanol–water partition coefficient (Wildman–Crippen LogP) is 2.81. The summed E-state index contributed by atoms with van der Waals surface area (Å²) in [6.07, 6.45) is 0. The van der Waals surface area contributed by atoms with Crippen LogP contribution in [0.2, 0.25) is 0 Å². The third-order valence-corrected chi connectivity index (χ3v) is 2.86. The quantitative estimate of drug-likeness (QED) is 0.770. The Kier molecular flexibility index (Phi) is 6.76. The van der Waals surface area contributed by atoms with Gasteiger partial charge in [0.1, 0.15) is 12.4 Å². The number of hydrogen-bond acceptors (Lipinski definition) is 3. The SMILES string of the molecule is CCNC(COC)COc1ccc(C(C)C)cc1. The van der Waals surface area contributed by atoms with Gasteiger partial charge in [-0.3, -0.25) is 0 Å². The van der Waals surface area contributed by atoms with Crippen LogP contribution >= 0.6 is 0 Å². The third kappa shape index (κ3) is 5.07. The van der Waals surface area contributed by atoms with Crippen molar-refractivity contribution in [2.24, 2.45) is 0 Å². The Morgan fingerprint density at radius 2 is 1.78 bits per heavy atom. The first-order valence-electron chi connectivity index (χ1n) is 6.62. The molecule has 3 nitrogen and oxygen atoms in total. The third-order valence-electron chi connectivity index (χ3n) is 2.86. The minimum atomic E-state index is 0.241. The summed E-state index contributed by atoms with van der Waals surface area (Å²) in [5.41, 5.74) is 1.34. The molecule has 0 aliphatic carbocycles. The fourth-order valence-electron chi connectivity index (χ4n) is 1.80. The van der Waals surface area contributed by atoms with E-state index >= 15 is 0 Å². The van der Waals surface area contributed by atoms with Crippen molar-refractivity contribution in [3.8, 4) is 5.75 Å². The van der Waals surface area contributed by atoms with E-state index in [1.807, 2.05) is 12.1 Å². The van der Waals surface area contributed by atoms with E-state index in [9.17, 15) is 0 Å². The first-order valence-corrected chi connectivity index (χ1v) is 6.62. The van der Waals surface area contributed by atoms with Gasteiger partial charge in [-0.25, -0.2) is 0 Å². The van der Waals surface area contributed by atoms with Gasteiger partial charge in [0, 0.05) is 7.11 Å². The van der Waals surface area contributed by atoms with E-state index in [1.54, 1.807) is 7.11 Å². The second-order valence-electron chi connectivity index (χ2n) is 4.74. The summed E-state index contributed by atoms with van der Waals surface area (Å²) < 4.78 is 10.9. The van der Waals surface area contributed by atoms with Crippen LogP contribution in [-0.2, 0) is 4.74 Å². The first-order chi connectivity index (χ1) is 8.67. The summed E-state index contributed by atoms with van der Waals surface area (Å²) in [5, 5.41) is 3.33. The van der Waals surface area contributed by atoms with Crippen LogP contribution in [0.25, 0.3) is 0 Å². The highest BCUT2D eigenvalue weighted by Gasteiger charge is 2.07. The lowest BCUT2D eigenvalue weighted by molar-refractivity contribution is 0.137. The lowest BCUT2D eigenvalue weighted by Crippen LogP contribution is -2.38. The molecule has 0 heterocycles. The van der Waals surface area contributed by atoms with Crippen molar-refractivity contribution >= 4 is 0 Å². The number of nitrogens with one attached hydrogen (secondary N) is 1. The van der Waals surface area contributed by atoms with Crippen molar-refractivity contribution in [2.75, 3.05) is 26.9 Å². The predicted molar refractivity (Wildman–Crippen MR) is 75.4 cm³/mol. The molecule has 3 heteroatoms. The maximum absolute atomic E-state index is 5.77. The smallest absolute Gasteiger partial charge is 0.119 e. The van der Waals surface area contributed by atoms with Crippen LogP contribution in [0.5, 0.6) is 5.75 Å². The number of likely N-dealkylation sites (N-methyl/N-ethyl adjacent to an activating group) is 1. The van der Waals surface area contributed by atoms with Gasteiger partial charge in [0.15, 0.2) is 0 Å². The van der Waals surface area contributed by atoms with Crippen molar-refractivity contribution < 1.29 is 9.47 Å². The molecule has 1 N–H and O–H groups in total. The monoisotopic (exact) mass is 251 g/mol. The van der Waals surface area contributed by atoms with E-state index in [-0.39, 0.29) is 6.04 Å². The van der Waals surface area contributed by atoms with Crippen LogP contribution in [0, 0.1) is 0 Å². The minimum absolute atomic E-state index is 0.241. The molecule has 0 radical (unpaired) electrons. The number of rotatable bonds is 8. The zero-order valence-electron chi connectivity index (χ0n) is 11.9. The van der Waals surface area contributed by atoms with E-state index < -0.39 is 0 Å². The average molecular weight is 251 g/mol. The molecule has 0 aromatic heterocycles. The standard InChI is InChI=1S/C15H25NO2/c1-5-16-14(10-17-4)11-18-15-8-6-13(7-9-15)12(2)3/h6-9,12,14,16H,5,10-11H2,1-4H3. The van der Waals surface area contributed by atoms with Crippen LogP contribution in [-0.4, -0.2) is 32.9 Å². The topological polar surface area (TPSA) is 30.5 Å². The Morgan fingerprint density at radius 3 is 2.28 bits per heavy atom. The highest BCUT2D eigenvalue weighted by molar-refractivity contribution is 5.28. The van der Waals surface area contributed by atoms with Crippen molar-refractivity contribution in [3.05, 3.63) is 29.8 Å². The van der Waals surface area contributed by atoms with Gasteiger partial charge in [0.2, 0.25) is 0 Å². The van der Waals surface area contributed by atoms with Gasteiger partial charge in [0.25, 0.3) is 0 Å². The summed E-state index contributed by atoms with van der Waals surface area (Å²) in [6.45, 7) is 8.68. The molecule has 1 aromatic rings. The van der Waals surface area contributed by atoms with Crippen molar-refractivity contribution in [2.45, 2.75) is 32.7 Å². The fraction of sp³-hybridized carbons (Fsp3) is 0.600. The normalized spacial score (nSPS) is 12.7. The number of hydrogen-bond donors (Lipinski definition) is 1. The summed E-state index contributed by atoms with van der Waals surface area (Å²) in [4.78, 5) is 0. The summed E-state index contributed by atoms with van der Waals surface area (Å²) in [5.74, 6) is 1.47. The maximum Gasteiger partial charge on any atom is 0.119 e. The van der Waals surface area contributed by atoms with E-state index in [0.717, 1.165) is 12.3 Å². The zero-order chi connectivity index (χ0) is 13.4. The molecule has 1 aromatic carbocycles. The Morgan fingerprint density at radius 1 is 1.11 bits per heavy atom. The van der Waals surface area contributed by atoms with Crippen LogP contribution in [0.15, 0.2) is 24.3 Å². The molecule has 1 rings (SSSR count). The Balaban J connectivity index is 2.46. The molecule has 1 atom stereocenters. The fourth-order valence-corrected chi connectivity index (χ4v) is 1.80. The highest BCUT2D eigenvalue weighted by atomic mass is 16.5. The molecule has 0 aliphatic heterocycles. The van der Waals surface area contributed by atoms with Gasteiger partial charge < -0.3 is 14.8 Å². The van der Waals surface area contributed by atoms with Crippen LogP contribution < -0.4 is 10.1 Å². The van der Waals surface area contributed by atoms with Gasteiger partial charge in [0.05, 0.1) is 12.6 Å². The molecule has 0 aliphatic rings. The second kappa shape index (κ2) is 8.11. The number of benzene rings is 1. The van der Waals surface area contributed by atoms with Gasteiger partial charge in [-0.1, -0.05) is 32.9 Å². The molecule has 0 saturated heterocycles. The lowest BCUT2D eigenvalue weighted by atomic mass is 10.0. The summed E-state index contributed by atoms with van der Waals surface area (Å²) in [7, 11) is 1.71. The Labute approximate surface area is 110 Å². The molecule has 0 amide bonds. The Bertz CT molecular complexity index is 316. The molecule has 0 fully saturated rings. The molecule has 0 saturated carbocycles. The van der Waals surface area contributed by atoms with E-state index in [0.29, 0.717) is 19.1 Å². The van der Waals surface area contributed by atoms with Crippen LogP contribution in [0.3, 0.4) is 0 Å². The summed E-state index contributed by atoms with van der Waals surface area (Å²) >= 11 is 0. The van der Waals surface area contributed by atoms with Gasteiger partial charge in [-0.15, -0.1) is 0 Å². The zero-order valence-corrected chi connectivity index (χ0v) is 11.9. The van der Waals surface area contributed by atoms with Gasteiger partial charge >= 0.3 is 0 Å². The number of methoxy groups -OCH3 is 1. The Hall–Kier alpha value is -1.06. The lowest BCUT2D eigenvalue weighted by Gasteiger charge is -2.17. The van der Waals surface area contributed by atoms with Crippen LogP contribution in [0.1, 0.15) is 32.3 Å². The van der Waals surface area contributed by atoms with Gasteiger partial charge in [-0.2, -0.15) is 0 Å². The molecular formula is C15H25NO2. The van der Waals surface area contributed by atoms with Crippen LogP contribution in [0.4, 0.5) is 0 Å². The van der Waals surface area contributed by atoms with Crippen molar-refractivity contribution in [1.82, 2.24) is 5.32 Å². The first kappa shape index (κ1) is 15.0. The van der Waals surface area contributed by atoms with Crippen molar-refractivity contribution in [1.29, 1.82) is 0 Å². The van der Waals surface area contributed by atoms with Gasteiger partial charge in [-0.05, 0) is 30.2 Å². The largest absolute Gasteiger partial charge is 0.492 e. The van der Waals surface area contributed by atoms with E-state index in [4.69, 9.17) is 9.47 Å². The van der Waals surface area contributed by atoms with E-state index in [1.165, 1.54) is 5.56 Å². The average Bonchev–Trinajstić information content (AvgIpc) is 2.37. The highest BCUT2D eigenvalue weighted by Crippen LogP contribution is 2.18. The minimum Gasteiger partial charge on any atom is -0.492 e. The molecular weight excluding hydrogens is 226 g/mol. The second-order valence-corrected chi connectivity index (χ2v) is 4.74. The van der Waals surface area contributed by atoms with E-state index in [2.05, 4.69) is 38.2 Å². The maximum atomic E-state index is 5.77. The molecule has 18 heavy (non-hydrogen) atoms. The molecule has 0 bridgehead atoms. The molecule has 1 unspecified atom stereocenters. The number of ether oxygens (including phenoxy) is 2. The summed E-state index contributed by atoms with van der Waals surface area (Å²) in [6, 6.07) is 8.55. The molecule has 102 valence electrons. The molecule has 0 spiro atoms. The van der Waals surface area contributed by atoms with Crippen molar-refractivity contribution in [3.63, 3.8) is 0 Å².